The molecule has 1 N–H and O–H groups in total. The lowest BCUT2D eigenvalue weighted by atomic mass is 10.2. The number of fused-ring (bicyclic) bond motifs is 1. The summed E-state index contributed by atoms with van der Waals surface area (Å²) >= 11 is 0. The van der Waals surface area contributed by atoms with Crippen LogP contribution in [0.3, 0.4) is 0 Å². The van der Waals surface area contributed by atoms with Crippen LogP contribution in [-0.4, -0.2) is 15.2 Å². The number of benzene rings is 1. The van der Waals surface area contributed by atoms with Crippen molar-refractivity contribution >= 4 is 11.1 Å². The van der Waals surface area contributed by atoms with Gasteiger partial charge in [-0.1, -0.05) is 6.07 Å². The van der Waals surface area contributed by atoms with Crippen LogP contribution in [0.4, 0.5) is 0 Å². The molecule has 0 fully saturated rings. The predicted molar refractivity (Wildman–Crippen MR) is 54.9 cm³/mol. The molecule has 0 aliphatic carbocycles. The lowest BCUT2D eigenvalue weighted by molar-refractivity contribution is 0.497. The van der Waals surface area contributed by atoms with Crippen LogP contribution in [-0.2, 0) is 0 Å². The molecule has 0 atom stereocenters. The molecule has 0 radical (unpaired) electrons. The lowest BCUT2D eigenvalue weighted by Crippen LogP contribution is -1.93. The average Bonchev–Trinajstić information content (AvgIpc) is 2.83. The molecule has 1 aromatic carbocycles. The Bertz CT molecular complexity index is 707. The second kappa shape index (κ2) is 3.06. The van der Waals surface area contributed by atoms with Gasteiger partial charge in [0.05, 0.1) is 0 Å². The van der Waals surface area contributed by atoms with E-state index >= 15 is 0 Å². The summed E-state index contributed by atoms with van der Waals surface area (Å²) < 4.78 is 10.2. The van der Waals surface area contributed by atoms with E-state index in [0.717, 1.165) is 5.56 Å². The van der Waals surface area contributed by atoms with Gasteiger partial charge >= 0.3 is 11.6 Å². The van der Waals surface area contributed by atoms with Crippen molar-refractivity contribution in [1.82, 2.24) is 15.2 Å². The fraction of sp³-hybridized carbons (Fsp3) is 0.100. The second-order valence-corrected chi connectivity index (χ2v) is 3.41. The van der Waals surface area contributed by atoms with Crippen LogP contribution in [0.15, 0.2) is 31.8 Å². The molecule has 0 aliphatic heterocycles. The van der Waals surface area contributed by atoms with Crippen LogP contribution >= 0.6 is 0 Å². The lowest BCUT2D eigenvalue weighted by Gasteiger charge is -1.87. The minimum Gasteiger partial charge on any atom is -0.432 e. The van der Waals surface area contributed by atoms with Gasteiger partial charge in [-0.2, -0.15) is 0 Å². The van der Waals surface area contributed by atoms with Crippen LogP contribution in [0, 0.1) is 6.92 Å². The van der Waals surface area contributed by atoms with Gasteiger partial charge in [-0.3, -0.25) is 0 Å². The summed E-state index contributed by atoms with van der Waals surface area (Å²) in [6.07, 6.45) is 0. The molecule has 3 aromatic rings. The second-order valence-electron chi connectivity index (χ2n) is 3.41. The molecule has 2 heterocycles. The quantitative estimate of drug-likeness (QED) is 0.667. The number of rotatable bonds is 1. The summed E-state index contributed by atoms with van der Waals surface area (Å²) in [4.78, 5) is 14.9. The van der Waals surface area contributed by atoms with Crippen molar-refractivity contribution in [3.05, 3.63) is 34.3 Å². The number of nitrogens with one attached hydrogen (secondary N) is 1. The predicted octanol–water partition coefficient (Wildman–Crippen LogP) is 1.48. The molecular weight excluding hydrogens is 210 g/mol. The summed E-state index contributed by atoms with van der Waals surface area (Å²) in [6.45, 7) is 1.95. The van der Waals surface area contributed by atoms with E-state index < -0.39 is 5.76 Å². The van der Waals surface area contributed by atoms with Gasteiger partial charge in [-0.05, 0) is 24.6 Å². The smallest absolute Gasteiger partial charge is 0.432 e. The van der Waals surface area contributed by atoms with Gasteiger partial charge in [-0.25, -0.2) is 14.9 Å². The first-order chi connectivity index (χ1) is 7.72. The van der Waals surface area contributed by atoms with E-state index in [1.165, 1.54) is 0 Å². The van der Waals surface area contributed by atoms with E-state index in [1.807, 2.05) is 25.1 Å². The van der Waals surface area contributed by atoms with E-state index in [1.54, 1.807) is 0 Å². The van der Waals surface area contributed by atoms with Gasteiger partial charge in [-0.15, -0.1) is 5.10 Å². The molecule has 2 aromatic heterocycles. The fourth-order valence-corrected chi connectivity index (χ4v) is 1.44. The van der Waals surface area contributed by atoms with Gasteiger partial charge in [0.1, 0.15) is 5.52 Å². The Morgan fingerprint density at radius 2 is 2.12 bits per heavy atom. The van der Waals surface area contributed by atoms with Crippen LogP contribution in [0.1, 0.15) is 5.56 Å². The highest BCUT2D eigenvalue weighted by molar-refractivity contribution is 5.75. The van der Waals surface area contributed by atoms with Crippen molar-refractivity contribution in [1.29, 1.82) is 0 Å². The molecule has 0 aliphatic rings. The summed E-state index contributed by atoms with van der Waals surface area (Å²) in [7, 11) is 0. The Hall–Kier alpha value is -2.37. The van der Waals surface area contributed by atoms with Crippen molar-refractivity contribution in [2.45, 2.75) is 6.92 Å². The number of aromatic nitrogens is 3. The maximum atomic E-state index is 10.8. The highest BCUT2D eigenvalue weighted by Crippen LogP contribution is 2.22. The third-order valence-electron chi connectivity index (χ3n) is 2.16. The standard InChI is InChI=1S/C10H7N3O3/c1-5-2-3-6-7(4-5)15-8(11-6)9-12-13-10(14)16-9/h2-4H,1H3,(H,13,14). The normalized spacial score (nSPS) is 11.1. The molecule has 16 heavy (non-hydrogen) atoms. The minimum absolute atomic E-state index is 0.0545. The third kappa shape index (κ3) is 1.31. The zero-order valence-electron chi connectivity index (χ0n) is 8.35. The molecule has 0 amide bonds. The molecular formula is C10H7N3O3. The Balaban J connectivity index is 2.22. The highest BCUT2D eigenvalue weighted by Gasteiger charge is 2.13. The van der Waals surface area contributed by atoms with Gasteiger partial charge < -0.3 is 8.83 Å². The van der Waals surface area contributed by atoms with Crippen molar-refractivity contribution in [2.24, 2.45) is 0 Å². The zero-order valence-corrected chi connectivity index (χ0v) is 8.35. The maximum Gasteiger partial charge on any atom is 0.434 e. The maximum absolute atomic E-state index is 10.8. The highest BCUT2D eigenvalue weighted by atomic mass is 16.4. The average molecular weight is 217 g/mol. The van der Waals surface area contributed by atoms with Crippen LogP contribution in [0.25, 0.3) is 22.9 Å². The first kappa shape index (κ1) is 8.90. The van der Waals surface area contributed by atoms with Crippen LogP contribution < -0.4 is 5.76 Å². The SMILES string of the molecule is Cc1ccc2nc(-c3n[nH]c(=O)o3)oc2c1. The summed E-state index contributed by atoms with van der Waals surface area (Å²) in [5, 5.41) is 5.79. The molecule has 0 saturated carbocycles. The summed E-state index contributed by atoms with van der Waals surface area (Å²) in [6, 6.07) is 5.62. The van der Waals surface area contributed by atoms with Crippen LogP contribution in [0.5, 0.6) is 0 Å². The van der Waals surface area contributed by atoms with Crippen molar-refractivity contribution < 1.29 is 8.83 Å². The minimum atomic E-state index is -0.631. The Labute approximate surface area is 88.9 Å². The monoisotopic (exact) mass is 217 g/mol. The number of hydrogen-bond acceptors (Lipinski definition) is 5. The Morgan fingerprint density at radius 1 is 1.25 bits per heavy atom. The topological polar surface area (TPSA) is 84.9 Å². The van der Waals surface area contributed by atoms with Crippen molar-refractivity contribution in [3.63, 3.8) is 0 Å². The zero-order chi connectivity index (χ0) is 11.1. The first-order valence-electron chi connectivity index (χ1n) is 4.65. The number of aromatic amines is 1. The molecule has 6 heteroatoms. The first-order valence-corrected chi connectivity index (χ1v) is 4.65. The number of H-pyrrole nitrogens is 1. The number of nitrogens with zero attached hydrogens (tertiary/aromatic N) is 2. The Morgan fingerprint density at radius 3 is 2.88 bits per heavy atom. The summed E-state index contributed by atoms with van der Waals surface area (Å²) in [5.41, 5.74) is 2.41. The number of oxazole rings is 1. The molecule has 0 bridgehead atoms. The van der Waals surface area contributed by atoms with Crippen molar-refractivity contribution in [2.75, 3.05) is 0 Å². The molecule has 0 unspecified atom stereocenters. The van der Waals surface area contributed by atoms with E-state index in [9.17, 15) is 4.79 Å². The van der Waals surface area contributed by atoms with Crippen molar-refractivity contribution in [3.8, 4) is 11.8 Å². The molecule has 80 valence electrons. The van der Waals surface area contributed by atoms with Gasteiger partial charge in [0.15, 0.2) is 5.58 Å². The third-order valence-corrected chi connectivity index (χ3v) is 2.16. The van der Waals surface area contributed by atoms with E-state index in [4.69, 9.17) is 8.83 Å². The molecule has 3 rings (SSSR count). The van der Waals surface area contributed by atoms with Gasteiger partial charge in [0.25, 0.3) is 5.89 Å². The number of aryl methyl sites for hydroxylation is 1. The van der Waals surface area contributed by atoms with E-state index in [0.29, 0.717) is 11.1 Å². The van der Waals surface area contributed by atoms with E-state index in [2.05, 4.69) is 15.2 Å². The van der Waals surface area contributed by atoms with Crippen LogP contribution in [0.2, 0.25) is 0 Å². The fourth-order valence-electron chi connectivity index (χ4n) is 1.44. The Kier molecular flexibility index (Phi) is 1.70. The molecule has 0 spiro atoms. The van der Waals surface area contributed by atoms with Gasteiger partial charge in [0, 0.05) is 0 Å². The number of hydrogen-bond donors (Lipinski definition) is 1. The molecule has 6 nitrogen and oxygen atoms in total. The summed E-state index contributed by atoms with van der Waals surface area (Å²) in [5.74, 6) is -0.383. The van der Waals surface area contributed by atoms with E-state index in [-0.39, 0.29) is 11.8 Å². The largest absolute Gasteiger partial charge is 0.434 e. The molecule has 0 saturated heterocycles. The van der Waals surface area contributed by atoms with Gasteiger partial charge in [0.2, 0.25) is 0 Å².